The van der Waals surface area contributed by atoms with Crippen LogP contribution in [0.5, 0.6) is 0 Å². The van der Waals surface area contributed by atoms with E-state index in [9.17, 15) is 0 Å². The quantitative estimate of drug-likeness (QED) is 0.317. The van der Waals surface area contributed by atoms with Crippen molar-refractivity contribution in [2.24, 2.45) is 0 Å². The van der Waals surface area contributed by atoms with Crippen molar-refractivity contribution in [1.29, 1.82) is 0 Å². The number of aryl methyl sites for hydroxylation is 1. The number of allylic oxidation sites excluding steroid dienone is 1. The second kappa shape index (κ2) is 4.68. The molecule has 1 aliphatic rings. The molecule has 0 N–H and O–H groups in total. The maximum absolute atomic E-state index is 3.75. The van der Waals surface area contributed by atoms with Crippen LogP contribution >= 0.6 is 27.3 Å². The van der Waals surface area contributed by atoms with Gasteiger partial charge in [0.1, 0.15) is 0 Å². The molecule has 2 heteroatoms. The van der Waals surface area contributed by atoms with E-state index in [2.05, 4.69) is 70.5 Å². The van der Waals surface area contributed by atoms with Crippen molar-refractivity contribution in [1.82, 2.24) is 0 Å². The minimum atomic E-state index is 1.15. The summed E-state index contributed by atoms with van der Waals surface area (Å²) >= 11 is 5.66. The van der Waals surface area contributed by atoms with Gasteiger partial charge in [0.05, 0.1) is 0 Å². The Balaban J connectivity index is 2.09. The highest BCUT2D eigenvalue weighted by atomic mass is 79.9. The summed E-state index contributed by atoms with van der Waals surface area (Å²) in [5.74, 6) is 0. The molecule has 0 nitrogen and oxygen atoms in total. The highest BCUT2D eigenvalue weighted by Crippen LogP contribution is 2.44. The van der Waals surface area contributed by atoms with E-state index in [0.29, 0.717) is 0 Å². The van der Waals surface area contributed by atoms with Crippen molar-refractivity contribution >= 4 is 64.3 Å². The first-order chi connectivity index (χ1) is 10.8. The summed E-state index contributed by atoms with van der Waals surface area (Å²) in [7, 11) is 0. The van der Waals surface area contributed by atoms with Crippen molar-refractivity contribution in [3.8, 4) is 0 Å². The van der Waals surface area contributed by atoms with Crippen LogP contribution in [0.25, 0.3) is 37.0 Å². The van der Waals surface area contributed by atoms with Gasteiger partial charge in [-0.2, -0.15) is 0 Å². The molecule has 0 fully saturated rings. The van der Waals surface area contributed by atoms with E-state index in [4.69, 9.17) is 0 Å². The predicted octanol–water partition coefficient (Wildman–Crippen LogP) is 6.93. The first-order valence-electron chi connectivity index (χ1n) is 7.55. The minimum absolute atomic E-state index is 1.15. The molecule has 1 aromatic heterocycles. The molecule has 4 aromatic rings. The standard InChI is InChI=1S/C20H13BrS/c21-16-11-18-20(15-8-4-3-7-14(15)16)19-13-6-2-1-5-12(13)9-10-17(19)22-18/h1,3-5,7-11H,2,6H2. The minimum Gasteiger partial charge on any atom is -0.135 e. The van der Waals surface area contributed by atoms with E-state index in [0.717, 1.165) is 12.8 Å². The van der Waals surface area contributed by atoms with Gasteiger partial charge < -0.3 is 0 Å². The third-order valence-corrected chi connectivity index (χ3v) is 6.36. The lowest BCUT2D eigenvalue weighted by Crippen LogP contribution is -1.94. The van der Waals surface area contributed by atoms with Gasteiger partial charge in [-0.05, 0) is 46.9 Å². The van der Waals surface area contributed by atoms with Gasteiger partial charge >= 0.3 is 0 Å². The molecule has 3 aromatic carbocycles. The number of fused-ring (bicyclic) bond motifs is 7. The SMILES string of the molecule is Brc1cc2sc3ccc4c(c3c2c2ccccc12)CCC=C4. The summed E-state index contributed by atoms with van der Waals surface area (Å²) in [6, 6.07) is 15.6. The topological polar surface area (TPSA) is 0 Å². The average Bonchev–Trinajstić information content (AvgIpc) is 2.94. The molecule has 0 unspecified atom stereocenters. The van der Waals surface area contributed by atoms with Crippen LogP contribution in [0.2, 0.25) is 0 Å². The zero-order chi connectivity index (χ0) is 14.7. The molecule has 1 aliphatic carbocycles. The van der Waals surface area contributed by atoms with Crippen molar-refractivity contribution in [3.63, 3.8) is 0 Å². The van der Waals surface area contributed by atoms with Gasteiger partial charge in [0.15, 0.2) is 0 Å². The normalized spacial score (nSPS) is 14.0. The molecular formula is C20H13BrS. The van der Waals surface area contributed by atoms with E-state index in [-0.39, 0.29) is 0 Å². The Labute approximate surface area is 141 Å². The Morgan fingerprint density at radius 2 is 1.77 bits per heavy atom. The van der Waals surface area contributed by atoms with Gasteiger partial charge in [-0.25, -0.2) is 0 Å². The lowest BCUT2D eigenvalue weighted by Gasteiger charge is -2.12. The molecule has 5 rings (SSSR count). The van der Waals surface area contributed by atoms with Gasteiger partial charge in [0.25, 0.3) is 0 Å². The summed E-state index contributed by atoms with van der Waals surface area (Å²) in [4.78, 5) is 0. The second-order valence-corrected chi connectivity index (χ2v) is 7.76. The third kappa shape index (κ3) is 1.68. The molecule has 106 valence electrons. The molecule has 0 atom stereocenters. The van der Waals surface area contributed by atoms with Crippen LogP contribution in [0.3, 0.4) is 0 Å². The van der Waals surface area contributed by atoms with Gasteiger partial charge in [-0.1, -0.05) is 58.4 Å². The van der Waals surface area contributed by atoms with E-state index < -0.39 is 0 Å². The molecule has 0 spiro atoms. The lowest BCUT2D eigenvalue weighted by molar-refractivity contribution is 0.999. The molecule has 0 saturated carbocycles. The molecule has 0 aliphatic heterocycles. The fourth-order valence-electron chi connectivity index (χ4n) is 3.63. The van der Waals surface area contributed by atoms with E-state index in [1.165, 1.54) is 46.5 Å². The summed E-state index contributed by atoms with van der Waals surface area (Å²) < 4.78 is 3.98. The summed E-state index contributed by atoms with van der Waals surface area (Å²) in [5, 5.41) is 5.58. The van der Waals surface area contributed by atoms with Gasteiger partial charge in [0.2, 0.25) is 0 Å². The smallest absolute Gasteiger partial charge is 0.0373 e. The molecule has 0 radical (unpaired) electrons. The molecule has 0 bridgehead atoms. The molecule has 0 saturated heterocycles. The Hall–Kier alpha value is -1.64. The molecule has 1 heterocycles. The fraction of sp³-hybridized carbons (Fsp3) is 0.100. The van der Waals surface area contributed by atoms with Crippen LogP contribution in [-0.2, 0) is 6.42 Å². The van der Waals surface area contributed by atoms with Gasteiger partial charge in [-0.3, -0.25) is 0 Å². The summed E-state index contributed by atoms with van der Waals surface area (Å²) in [6.07, 6.45) is 6.87. The second-order valence-electron chi connectivity index (χ2n) is 5.83. The molecule has 0 amide bonds. The largest absolute Gasteiger partial charge is 0.135 e. The number of hydrogen-bond acceptors (Lipinski definition) is 1. The zero-order valence-corrected chi connectivity index (χ0v) is 14.3. The number of thiophene rings is 1. The maximum atomic E-state index is 3.75. The molecule has 22 heavy (non-hydrogen) atoms. The Morgan fingerprint density at radius 3 is 2.68 bits per heavy atom. The van der Waals surface area contributed by atoms with Gasteiger partial charge in [0, 0.05) is 24.6 Å². The highest BCUT2D eigenvalue weighted by Gasteiger charge is 2.16. The highest BCUT2D eigenvalue weighted by molar-refractivity contribution is 9.10. The van der Waals surface area contributed by atoms with E-state index in [1.54, 1.807) is 0 Å². The Morgan fingerprint density at radius 1 is 0.909 bits per heavy atom. The van der Waals surface area contributed by atoms with Crippen molar-refractivity contribution < 1.29 is 0 Å². The Bertz CT molecular complexity index is 1090. The van der Waals surface area contributed by atoms with Crippen LogP contribution < -0.4 is 0 Å². The first-order valence-corrected chi connectivity index (χ1v) is 9.16. The van der Waals surface area contributed by atoms with Crippen LogP contribution in [0, 0.1) is 0 Å². The van der Waals surface area contributed by atoms with E-state index >= 15 is 0 Å². The summed E-state index contributed by atoms with van der Waals surface area (Å²) in [6.45, 7) is 0. The predicted molar refractivity (Wildman–Crippen MR) is 102 cm³/mol. The van der Waals surface area contributed by atoms with E-state index in [1.807, 2.05) is 11.3 Å². The average molecular weight is 365 g/mol. The van der Waals surface area contributed by atoms with Gasteiger partial charge in [-0.15, -0.1) is 11.3 Å². The van der Waals surface area contributed by atoms with Crippen LogP contribution in [0.15, 0.2) is 53.0 Å². The maximum Gasteiger partial charge on any atom is 0.0373 e. The van der Waals surface area contributed by atoms with Crippen molar-refractivity contribution in [2.45, 2.75) is 12.8 Å². The third-order valence-electron chi connectivity index (χ3n) is 4.60. The van der Waals surface area contributed by atoms with Crippen LogP contribution in [0.1, 0.15) is 17.5 Å². The number of rotatable bonds is 0. The first kappa shape index (κ1) is 12.9. The zero-order valence-electron chi connectivity index (χ0n) is 11.9. The summed E-state index contributed by atoms with van der Waals surface area (Å²) in [5.41, 5.74) is 2.92. The van der Waals surface area contributed by atoms with Crippen LogP contribution in [0.4, 0.5) is 0 Å². The van der Waals surface area contributed by atoms with Crippen molar-refractivity contribution in [2.75, 3.05) is 0 Å². The van der Waals surface area contributed by atoms with Crippen molar-refractivity contribution in [3.05, 3.63) is 64.1 Å². The number of halogens is 1. The lowest BCUT2D eigenvalue weighted by atomic mass is 9.92. The number of benzene rings is 3. The Kier molecular flexibility index (Phi) is 2.73. The fourth-order valence-corrected chi connectivity index (χ4v) is 5.55. The monoisotopic (exact) mass is 364 g/mol. The van der Waals surface area contributed by atoms with Crippen LogP contribution in [-0.4, -0.2) is 0 Å². The number of hydrogen-bond donors (Lipinski definition) is 0. The molecular weight excluding hydrogens is 352 g/mol.